The van der Waals surface area contributed by atoms with Crippen molar-refractivity contribution in [3.05, 3.63) is 0 Å². The maximum atomic E-state index is 11.6. The van der Waals surface area contributed by atoms with Gasteiger partial charge in [-0.25, -0.2) is 8.42 Å². The minimum Gasteiger partial charge on any atom is -0.360 e. The van der Waals surface area contributed by atoms with Gasteiger partial charge in [0.15, 0.2) is 15.3 Å². The summed E-state index contributed by atoms with van der Waals surface area (Å²) in [6.07, 6.45) is 1.63. The molecule has 0 amide bonds. The third-order valence-corrected chi connectivity index (χ3v) is 4.04. The quantitative estimate of drug-likeness (QED) is 0.713. The first kappa shape index (κ1) is 10.9. The number of hydrogen-bond acceptors (Lipinski definition) is 4. The second-order valence-corrected chi connectivity index (χ2v) is 5.48. The van der Waals surface area contributed by atoms with Crippen LogP contribution in [0.1, 0.15) is 19.8 Å². The van der Waals surface area contributed by atoms with E-state index in [1.54, 1.807) is 0 Å². The van der Waals surface area contributed by atoms with E-state index >= 15 is 0 Å². The van der Waals surface area contributed by atoms with Crippen LogP contribution in [-0.2, 0) is 14.6 Å². The van der Waals surface area contributed by atoms with E-state index < -0.39 is 15.3 Å². The van der Waals surface area contributed by atoms with Gasteiger partial charge in [-0.15, -0.1) is 0 Å². The molecule has 1 aliphatic heterocycles. The van der Waals surface area contributed by atoms with Crippen molar-refractivity contribution in [2.75, 3.05) is 25.4 Å². The molecular formula is C8H17NO3S. The molecule has 0 aliphatic carbocycles. The summed E-state index contributed by atoms with van der Waals surface area (Å²) in [7, 11) is -3.03. The zero-order valence-corrected chi connectivity index (χ0v) is 8.77. The second kappa shape index (κ2) is 4.93. The average Bonchev–Trinajstić information content (AvgIpc) is 2.16. The molecule has 1 rings (SSSR count). The number of nitrogens with one attached hydrogen (secondary N) is 1. The van der Waals surface area contributed by atoms with Gasteiger partial charge in [0.2, 0.25) is 0 Å². The van der Waals surface area contributed by atoms with Gasteiger partial charge >= 0.3 is 0 Å². The molecule has 1 unspecified atom stereocenters. The minimum absolute atomic E-state index is 0.246. The Morgan fingerprint density at radius 1 is 1.54 bits per heavy atom. The van der Waals surface area contributed by atoms with E-state index in [1.165, 1.54) is 0 Å². The van der Waals surface area contributed by atoms with Crippen LogP contribution in [0.3, 0.4) is 0 Å². The van der Waals surface area contributed by atoms with Crippen LogP contribution in [0, 0.1) is 0 Å². The van der Waals surface area contributed by atoms with Gasteiger partial charge in [-0.1, -0.05) is 13.3 Å². The van der Waals surface area contributed by atoms with Crippen molar-refractivity contribution in [3.63, 3.8) is 0 Å². The molecule has 0 spiro atoms. The van der Waals surface area contributed by atoms with E-state index in [2.05, 4.69) is 5.32 Å². The van der Waals surface area contributed by atoms with Crippen LogP contribution < -0.4 is 5.32 Å². The van der Waals surface area contributed by atoms with E-state index in [9.17, 15) is 8.42 Å². The number of unbranched alkanes of at least 4 members (excludes halogenated alkanes) is 1. The standard InChI is InChI=1S/C8H17NO3S/c1-2-3-6-13(10,11)8-7-9-4-5-12-8/h8-9H,2-7H2,1H3. The van der Waals surface area contributed by atoms with Crippen LogP contribution >= 0.6 is 0 Å². The summed E-state index contributed by atoms with van der Waals surface area (Å²) in [5, 5.41) is 3.01. The molecule has 1 aliphatic rings. The maximum Gasteiger partial charge on any atom is 0.178 e. The molecule has 13 heavy (non-hydrogen) atoms. The molecule has 0 aromatic heterocycles. The Morgan fingerprint density at radius 3 is 2.85 bits per heavy atom. The van der Waals surface area contributed by atoms with Crippen molar-refractivity contribution >= 4 is 9.84 Å². The van der Waals surface area contributed by atoms with Gasteiger partial charge in [-0.2, -0.15) is 0 Å². The lowest BCUT2D eigenvalue weighted by atomic mass is 10.4. The van der Waals surface area contributed by atoms with E-state index in [-0.39, 0.29) is 5.75 Å². The van der Waals surface area contributed by atoms with Gasteiger partial charge in [0.05, 0.1) is 12.4 Å². The van der Waals surface area contributed by atoms with Gasteiger partial charge in [-0.3, -0.25) is 0 Å². The summed E-state index contributed by atoms with van der Waals surface area (Å²) in [4.78, 5) is 0. The van der Waals surface area contributed by atoms with Crippen molar-refractivity contribution in [1.29, 1.82) is 0 Å². The Hall–Kier alpha value is -0.130. The van der Waals surface area contributed by atoms with E-state index in [4.69, 9.17) is 4.74 Å². The largest absolute Gasteiger partial charge is 0.360 e. The monoisotopic (exact) mass is 207 g/mol. The fourth-order valence-electron chi connectivity index (χ4n) is 1.25. The molecule has 0 saturated carbocycles. The first-order valence-corrected chi connectivity index (χ1v) is 6.42. The van der Waals surface area contributed by atoms with Gasteiger partial charge in [0.1, 0.15) is 0 Å². The lowest BCUT2D eigenvalue weighted by Crippen LogP contribution is -2.43. The molecule has 0 aromatic carbocycles. The molecule has 5 heteroatoms. The Balaban J connectivity index is 2.47. The molecule has 1 atom stereocenters. The summed E-state index contributed by atoms with van der Waals surface area (Å²) in [5.41, 5.74) is -0.618. The Kier molecular flexibility index (Phi) is 4.15. The summed E-state index contributed by atoms with van der Waals surface area (Å²) in [6.45, 7) is 3.66. The van der Waals surface area contributed by atoms with Crippen LogP contribution in [0.15, 0.2) is 0 Å². The normalized spacial score (nSPS) is 24.5. The fraction of sp³-hybridized carbons (Fsp3) is 1.00. The lowest BCUT2D eigenvalue weighted by molar-refractivity contribution is 0.0785. The van der Waals surface area contributed by atoms with Gasteiger partial charge in [-0.05, 0) is 6.42 Å². The highest BCUT2D eigenvalue weighted by Crippen LogP contribution is 2.08. The summed E-state index contributed by atoms with van der Waals surface area (Å²) >= 11 is 0. The number of morpholine rings is 1. The van der Waals surface area contributed by atoms with Crippen LogP contribution in [0.25, 0.3) is 0 Å². The SMILES string of the molecule is CCCCS(=O)(=O)C1CNCCO1. The Morgan fingerprint density at radius 2 is 2.31 bits per heavy atom. The molecule has 1 N–H and O–H groups in total. The zero-order valence-electron chi connectivity index (χ0n) is 7.95. The molecular weight excluding hydrogens is 190 g/mol. The Bertz CT molecular complexity index is 232. The third kappa shape index (κ3) is 3.25. The summed E-state index contributed by atoms with van der Waals surface area (Å²) in [5.74, 6) is 0.246. The predicted octanol–water partition coefficient (Wildman–Crippen LogP) is 0.147. The van der Waals surface area contributed by atoms with Crippen molar-refractivity contribution in [2.24, 2.45) is 0 Å². The minimum atomic E-state index is -3.03. The number of sulfone groups is 1. The highest BCUT2D eigenvalue weighted by Gasteiger charge is 2.27. The Labute approximate surface area is 79.6 Å². The average molecular weight is 207 g/mol. The van der Waals surface area contributed by atoms with E-state index in [0.717, 1.165) is 19.4 Å². The van der Waals surface area contributed by atoms with E-state index in [1.807, 2.05) is 6.92 Å². The number of hydrogen-bond donors (Lipinski definition) is 1. The first-order valence-electron chi connectivity index (χ1n) is 4.70. The van der Waals surface area contributed by atoms with Crippen LogP contribution in [0.5, 0.6) is 0 Å². The molecule has 0 bridgehead atoms. The van der Waals surface area contributed by atoms with Gasteiger partial charge in [0, 0.05) is 13.1 Å². The van der Waals surface area contributed by atoms with Crippen LogP contribution in [0.4, 0.5) is 0 Å². The number of rotatable bonds is 4. The topological polar surface area (TPSA) is 55.4 Å². The van der Waals surface area contributed by atoms with Crippen molar-refractivity contribution < 1.29 is 13.2 Å². The lowest BCUT2D eigenvalue weighted by Gasteiger charge is -2.23. The molecule has 4 nitrogen and oxygen atoms in total. The highest BCUT2D eigenvalue weighted by atomic mass is 32.2. The third-order valence-electron chi connectivity index (χ3n) is 2.08. The molecule has 0 aromatic rings. The van der Waals surface area contributed by atoms with Gasteiger partial charge < -0.3 is 10.1 Å². The molecule has 0 radical (unpaired) electrons. The van der Waals surface area contributed by atoms with Crippen LogP contribution in [0.2, 0.25) is 0 Å². The fourth-order valence-corrected chi connectivity index (χ4v) is 2.88. The van der Waals surface area contributed by atoms with Crippen molar-refractivity contribution in [1.82, 2.24) is 5.32 Å². The molecule has 1 heterocycles. The number of ether oxygens (including phenoxy) is 1. The van der Waals surface area contributed by atoms with Crippen LogP contribution in [-0.4, -0.2) is 39.3 Å². The van der Waals surface area contributed by atoms with E-state index in [0.29, 0.717) is 13.2 Å². The molecule has 1 fully saturated rings. The first-order chi connectivity index (χ1) is 6.17. The van der Waals surface area contributed by atoms with Crippen molar-refractivity contribution in [2.45, 2.75) is 25.2 Å². The smallest absolute Gasteiger partial charge is 0.178 e. The highest BCUT2D eigenvalue weighted by molar-refractivity contribution is 7.91. The second-order valence-electron chi connectivity index (χ2n) is 3.23. The predicted molar refractivity (Wildman–Crippen MR) is 51.3 cm³/mol. The summed E-state index contributed by atoms with van der Waals surface area (Å²) < 4.78 is 28.3. The molecule has 1 saturated heterocycles. The van der Waals surface area contributed by atoms with Gasteiger partial charge in [0.25, 0.3) is 0 Å². The van der Waals surface area contributed by atoms with Crippen molar-refractivity contribution in [3.8, 4) is 0 Å². The summed E-state index contributed by atoms with van der Waals surface area (Å²) in [6, 6.07) is 0. The maximum absolute atomic E-state index is 11.6. The molecule has 78 valence electrons. The zero-order chi connectivity index (χ0) is 9.73.